The van der Waals surface area contributed by atoms with Crippen LogP contribution in [0.1, 0.15) is 32.1 Å². The van der Waals surface area contributed by atoms with Gasteiger partial charge in [-0.3, -0.25) is 0 Å². The molecule has 0 aromatic carbocycles. The number of nitriles is 1. The number of hydrogen-bond donors (Lipinski definition) is 1. The Morgan fingerprint density at radius 2 is 2.08 bits per heavy atom. The van der Waals surface area contributed by atoms with Gasteiger partial charge in [0.1, 0.15) is 6.61 Å². The summed E-state index contributed by atoms with van der Waals surface area (Å²) in [6.45, 7) is 0.179. The van der Waals surface area contributed by atoms with E-state index >= 15 is 0 Å². The Morgan fingerprint density at radius 3 is 2.83 bits per heavy atom. The van der Waals surface area contributed by atoms with Crippen molar-refractivity contribution in [1.82, 2.24) is 0 Å². The van der Waals surface area contributed by atoms with Gasteiger partial charge in [-0.15, -0.1) is 0 Å². The number of hydrogen-bond acceptors (Lipinski definition) is 3. The van der Waals surface area contributed by atoms with Crippen molar-refractivity contribution in [3.8, 4) is 6.07 Å². The molecule has 3 heteroatoms. The fraction of sp³-hybridized carbons (Fsp3) is 0.889. The van der Waals surface area contributed by atoms with Gasteiger partial charge in [0.2, 0.25) is 0 Å². The quantitative estimate of drug-likeness (QED) is 0.630. The van der Waals surface area contributed by atoms with Crippen LogP contribution in [0.3, 0.4) is 0 Å². The molecule has 12 heavy (non-hydrogen) atoms. The average Bonchev–Trinajstić information content (AvgIpc) is 2.27. The smallest absolute Gasteiger partial charge is 0.134 e. The number of nitrogens with zero attached hydrogens (tertiary/aromatic N) is 1. The lowest BCUT2D eigenvalue weighted by atomic mass is 10.1. The summed E-state index contributed by atoms with van der Waals surface area (Å²) in [5, 5.41) is 8.34. The molecule has 0 heterocycles. The van der Waals surface area contributed by atoms with Gasteiger partial charge in [-0.05, 0) is 12.8 Å². The van der Waals surface area contributed by atoms with Gasteiger partial charge in [-0.2, -0.15) is 5.26 Å². The molecule has 2 N–H and O–H groups in total. The van der Waals surface area contributed by atoms with Crippen LogP contribution in [0.4, 0.5) is 0 Å². The Labute approximate surface area is 73.5 Å². The first-order valence-corrected chi connectivity index (χ1v) is 4.58. The summed E-state index contributed by atoms with van der Waals surface area (Å²) in [6, 6.07) is 2.12. The number of ether oxygens (including phenoxy) is 1. The van der Waals surface area contributed by atoms with Crippen molar-refractivity contribution in [2.45, 2.75) is 44.2 Å². The van der Waals surface area contributed by atoms with Crippen LogP contribution in [-0.2, 0) is 4.74 Å². The topological polar surface area (TPSA) is 59.0 Å². The first-order chi connectivity index (χ1) is 5.84. The van der Waals surface area contributed by atoms with E-state index in [9.17, 15) is 0 Å². The highest BCUT2D eigenvalue weighted by Gasteiger charge is 2.20. The zero-order chi connectivity index (χ0) is 8.81. The number of rotatable bonds is 2. The molecule has 3 nitrogen and oxygen atoms in total. The molecule has 0 saturated heterocycles. The molecular weight excluding hydrogens is 152 g/mol. The third-order valence-corrected chi connectivity index (χ3v) is 2.37. The van der Waals surface area contributed by atoms with Crippen molar-refractivity contribution in [3.63, 3.8) is 0 Å². The van der Waals surface area contributed by atoms with Gasteiger partial charge in [-0.25, -0.2) is 0 Å². The van der Waals surface area contributed by atoms with E-state index in [2.05, 4.69) is 0 Å². The maximum absolute atomic E-state index is 8.34. The molecule has 0 aromatic rings. The van der Waals surface area contributed by atoms with E-state index < -0.39 is 0 Å². The Balaban J connectivity index is 2.32. The largest absolute Gasteiger partial charge is 0.362 e. The molecule has 0 radical (unpaired) electrons. The van der Waals surface area contributed by atoms with Crippen LogP contribution in [0.5, 0.6) is 0 Å². The molecule has 1 rings (SSSR count). The van der Waals surface area contributed by atoms with E-state index in [0.717, 1.165) is 12.8 Å². The van der Waals surface area contributed by atoms with Crippen LogP contribution in [-0.4, -0.2) is 18.8 Å². The van der Waals surface area contributed by atoms with Crippen molar-refractivity contribution < 1.29 is 4.74 Å². The van der Waals surface area contributed by atoms with E-state index in [1.165, 1.54) is 19.3 Å². The molecule has 0 spiro atoms. The van der Waals surface area contributed by atoms with E-state index in [0.29, 0.717) is 0 Å². The predicted molar refractivity (Wildman–Crippen MR) is 46.4 cm³/mol. The molecule has 0 bridgehead atoms. The first kappa shape index (κ1) is 9.50. The summed E-state index contributed by atoms with van der Waals surface area (Å²) in [5.74, 6) is 0. The van der Waals surface area contributed by atoms with E-state index in [4.69, 9.17) is 15.7 Å². The minimum absolute atomic E-state index is 0.118. The van der Waals surface area contributed by atoms with E-state index in [-0.39, 0.29) is 18.8 Å². The predicted octanol–water partition coefficient (Wildman–Crippen LogP) is 1.19. The van der Waals surface area contributed by atoms with Crippen molar-refractivity contribution >= 4 is 0 Å². The SMILES string of the molecule is N#CCOC1CCCCCC1N. The van der Waals surface area contributed by atoms with Crippen LogP contribution in [0.25, 0.3) is 0 Å². The van der Waals surface area contributed by atoms with Gasteiger partial charge in [0.25, 0.3) is 0 Å². The summed E-state index contributed by atoms with van der Waals surface area (Å²) in [7, 11) is 0. The highest BCUT2D eigenvalue weighted by molar-refractivity contribution is 4.79. The van der Waals surface area contributed by atoms with Crippen LogP contribution < -0.4 is 5.73 Å². The van der Waals surface area contributed by atoms with Gasteiger partial charge in [0.15, 0.2) is 0 Å². The highest BCUT2D eigenvalue weighted by Crippen LogP contribution is 2.18. The molecule has 68 valence electrons. The van der Waals surface area contributed by atoms with E-state index in [1.807, 2.05) is 6.07 Å². The molecule has 0 aliphatic heterocycles. The zero-order valence-electron chi connectivity index (χ0n) is 7.33. The molecule has 1 aliphatic carbocycles. The van der Waals surface area contributed by atoms with Crippen LogP contribution in [0, 0.1) is 11.3 Å². The van der Waals surface area contributed by atoms with Gasteiger partial charge in [0.05, 0.1) is 12.2 Å². The van der Waals surface area contributed by atoms with Gasteiger partial charge >= 0.3 is 0 Å². The fourth-order valence-electron chi connectivity index (χ4n) is 1.65. The second kappa shape index (κ2) is 5.13. The molecule has 2 atom stereocenters. The summed E-state index contributed by atoms with van der Waals surface area (Å²) >= 11 is 0. The molecule has 1 fully saturated rings. The van der Waals surface area contributed by atoms with Gasteiger partial charge < -0.3 is 10.5 Å². The standard InChI is InChI=1S/C9H16N2O/c10-6-7-12-9-5-3-1-2-4-8(9)11/h8-9H,1-5,7,11H2. The Bertz CT molecular complexity index is 164. The normalized spacial score (nSPS) is 30.7. The Morgan fingerprint density at radius 1 is 1.33 bits per heavy atom. The summed E-state index contributed by atoms with van der Waals surface area (Å²) in [5.41, 5.74) is 5.89. The zero-order valence-corrected chi connectivity index (χ0v) is 7.33. The third kappa shape index (κ3) is 2.80. The van der Waals surface area contributed by atoms with Gasteiger partial charge in [0, 0.05) is 6.04 Å². The van der Waals surface area contributed by atoms with Crippen LogP contribution in [0.2, 0.25) is 0 Å². The lowest BCUT2D eigenvalue weighted by Gasteiger charge is -2.19. The monoisotopic (exact) mass is 168 g/mol. The molecule has 0 aromatic heterocycles. The van der Waals surface area contributed by atoms with E-state index in [1.54, 1.807) is 0 Å². The lowest BCUT2D eigenvalue weighted by Crippen LogP contribution is -2.35. The average molecular weight is 168 g/mol. The van der Waals surface area contributed by atoms with Crippen molar-refractivity contribution in [2.24, 2.45) is 5.73 Å². The van der Waals surface area contributed by atoms with Crippen molar-refractivity contribution in [2.75, 3.05) is 6.61 Å². The second-order valence-electron chi connectivity index (χ2n) is 3.31. The maximum Gasteiger partial charge on any atom is 0.134 e. The van der Waals surface area contributed by atoms with Crippen molar-refractivity contribution in [3.05, 3.63) is 0 Å². The van der Waals surface area contributed by atoms with Gasteiger partial charge in [-0.1, -0.05) is 19.3 Å². The van der Waals surface area contributed by atoms with Crippen molar-refractivity contribution in [1.29, 1.82) is 5.26 Å². The third-order valence-electron chi connectivity index (χ3n) is 2.37. The molecule has 2 unspecified atom stereocenters. The summed E-state index contributed by atoms with van der Waals surface area (Å²) in [4.78, 5) is 0. The minimum Gasteiger partial charge on any atom is -0.362 e. The second-order valence-corrected chi connectivity index (χ2v) is 3.31. The molecule has 0 amide bonds. The summed E-state index contributed by atoms with van der Waals surface area (Å²) in [6.07, 6.45) is 5.81. The summed E-state index contributed by atoms with van der Waals surface area (Å²) < 4.78 is 5.34. The van der Waals surface area contributed by atoms with Crippen LogP contribution >= 0.6 is 0 Å². The molecule has 1 saturated carbocycles. The number of nitrogens with two attached hydrogens (primary N) is 1. The molecular formula is C9H16N2O. The highest BCUT2D eigenvalue weighted by atomic mass is 16.5. The fourth-order valence-corrected chi connectivity index (χ4v) is 1.65. The lowest BCUT2D eigenvalue weighted by molar-refractivity contribution is 0.0524. The van der Waals surface area contributed by atoms with Crippen LogP contribution in [0.15, 0.2) is 0 Å². The maximum atomic E-state index is 8.34. The minimum atomic E-state index is 0.118. The Kier molecular flexibility index (Phi) is 4.06. The first-order valence-electron chi connectivity index (χ1n) is 4.58. The molecule has 1 aliphatic rings. The Hall–Kier alpha value is -0.590.